The third kappa shape index (κ3) is 1.88. The molecule has 0 spiro atoms. The van der Waals surface area contributed by atoms with Gasteiger partial charge in [0.1, 0.15) is 5.84 Å². The molecule has 2 aliphatic carbocycles. The van der Waals surface area contributed by atoms with E-state index in [-0.39, 0.29) is 0 Å². The van der Waals surface area contributed by atoms with Crippen LogP contribution in [0, 0.1) is 17.8 Å². The summed E-state index contributed by atoms with van der Waals surface area (Å²) in [6.07, 6.45) is 6.84. The fraction of sp³-hybridized carbons (Fsp3) is 0.588. The molecule has 1 aromatic rings. The van der Waals surface area contributed by atoms with E-state index in [2.05, 4.69) is 4.90 Å². The van der Waals surface area contributed by atoms with Crippen molar-refractivity contribution in [2.45, 2.75) is 44.7 Å². The van der Waals surface area contributed by atoms with Crippen LogP contribution < -0.4 is 0 Å². The van der Waals surface area contributed by atoms with Crippen LogP contribution in [0.4, 0.5) is 5.69 Å². The Kier molecular flexibility index (Phi) is 2.67. The lowest BCUT2D eigenvalue weighted by atomic mass is 9.68. The average Bonchev–Trinajstić information content (AvgIpc) is 2.59. The molecular formula is C17H18Cl2N2. The fourth-order valence-electron chi connectivity index (χ4n) is 5.21. The molecule has 5 aliphatic rings. The molecule has 2 saturated heterocycles. The third-order valence-corrected chi connectivity index (χ3v) is 6.47. The van der Waals surface area contributed by atoms with Gasteiger partial charge in [0.05, 0.1) is 5.69 Å². The first-order valence-corrected chi connectivity index (χ1v) is 8.76. The number of amidine groups is 1. The van der Waals surface area contributed by atoms with Gasteiger partial charge in [-0.15, -0.1) is 0 Å². The standard InChI is InChI=1S/C17H18Cl2N2/c18-12-6-15(19)14-8-21-13-4-9-1-10(5-13)3-11(2-9)17(21)20-16(14)7-12/h6-7,9-11,13H,1-5,8H2/t9-,10-,11?,13?/m0/s1. The first-order chi connectivity index (χ1) is 10.2. The summed E-state index contributed by atoms with van der Waals surface area (Å²) >= 11 is 12.6. The van der Waals surface area contributed by atoms with Gasteiger partial charge in [0.2, 0.25) is 0 Å². The van der Waals surface area contributed by atoms with Crippen LogP contribution in [-0.4, -0.2) is 16.8 Å². The molecular weight excluding hydrogens is 303 g/mol. The van der Waals surface area contributed by atoms with Crippen molar-refractivity contribution in [3.63, 3.8) is 0 Å². The van der Waals surface area contributed by atoms with Crippen LogP contribution in [0.25, 0.3) is 0 Å². The predicted octanol–water partition coefficient (Wildman–Crippen LogP) is 5.05. The molecule has 3 aliphatic heterocycles. The summed E-state index contributed by atoms with van der Waals surface area (Å²) in [6, 6.07) is 4.51. The van der Waals surface area contributed by atoms with Gasteiger partial charge >= 0.3 is 0 Å². The number of hydrogen-bond donors (Lipinski definition) is 0. The zero-order valence-electron chi connectivity index (χ0n) is 11.9. The van der Waals surface area contributed by atoms with Crippen LogP contribution in [0.5, 0.6) is 0 Å². The number of benzene rings is 1. The minimum atomic E-state index is 0.659. The molecule has 0 unspecified atom stereocenters. The quantitative estimate of drug-likeness (QED) is 0.653. The molecule has 4 fully saturated rings. The van der Waals surface area contributed by atoms with Gasteiger partial charge in [-0.1, -0.05) is 23.2 Å². The molecule has 1 aromatic carbocycles. The summed E-state index contributed by atoms with van der Waals surface area (Å²) in [6.45, 7) is 0.921. The van der Waals surface area contributed by atoms with Crippen molar-refractivity contribution in [3.05, 3.63) is 27.7 Å². The molecule has 110 valence electrons. The summed E-state index contributed by atoms with van der Waals surface area (Å²) in [7, 11) is 0. The average molecular weight is 321 g/mol. The van der Waals surface area contributed by atoms with Crippen LogP contribution >= 0.6 is 23.2 Å². The van der Waals surface area contributed by atoms with Crippen molar-refractivity contribution in [1.82, 2.24) is 4.90 Å². The second-order valence-electron chi connectivity index (χ2n) is 7.24. The largest absolute Gasteiger partial charge is 0.352 e. The Bertz CT molecular complexity index is 640. The summed E-state index contributed by atoms with van der Waals surface area (Å²) in [5.41, 5.74) is 2.16. The van der Waals surface area contributed by atoms with E-state index in [0.717, 1.165) is 34.7 Å². The Morgan fingerprint density at radius 2 is 1.76 bits per heavy atom. The normalized spacial score (nSPS) is 36.1. The van der Waals surface area contributed by atoms with E-state index < -0.39 is 0 Å². The Morgan fingerprint density at radius 1 is 1.00 bits per heavy atom. The van der Waals surface area contributed by atoms with E-state index in [9.17, 15) is 0 Å². The summed E-state index contributed by atoms with van der Waals surface area (Å²) < 4.78 is 0. The van der Waals surface area contributed by atoms with E-state index in [1.54, 1.807) is 0 Å². The molecule has 4 heteroatoms. The molecule has 0 radical (unpaired) electrons. The number of aliphatic imine (C=N–C) groups is 1. The lowest BCUT2D eigenvalue weighted by Crippen LogP contribution is -2.42. The van der Waals surface area contributed by atoms with Crippen LogP contribution in [0.3, 0.4) is 0 Å². The van der Waals surface area contributed by atoms with Crippen molar-refractivity contribution in [3.8, 4) is 0 Å². The fourth-order valence-corrected chi connectivity index (χ4v) is 5.75. The van der Waals surface area contributed by atoms with Crippen LogP contribution in [-0.2, 0) is 6.54 Å². The van der Waals surface area contributed by atoms with Gasteiger partial charge in [0.25, 0.3) is 0 Å². The monoisotopic (exact) mass is 320 g/mol. The van der Waals surface area contributed by atoms with E-state index in [0.29, 0.717) is 17.0 Å². The summed E-state index contributed by atoms with van der Waals surface area (Å²) in [4.78, 5) is 7.60. The lowest BCUT2D eigenvalue weighted by Gasteiger charge is -2.39. The van der Waals surface area contributed by atoms with Crippen LogP contribution in [0.15, 0.2) is 17.1 Å². The highest BCUT2D eigenvalue weighted by Gasteiger charge is 2.46. The second-order valence-corrected chi connectivity index (χ2v) is 8.09. The molecule has 3 heterocycles. The van der Waals surface area contributed by atoms with Gasteiger partial charge in [0.15, 0.2) is 0 Å². The molecule has 0 aromatic heterocycles. The van der Waals surface area contributed by atoms with Crippen molar-refractivity contribution in [2.24, 2.45) is 22.7 Å². The zero-order valence-corrected chi connectivity index (χ0v) is 13.4. The van der Waals surface area contributed by atoms with Gasteiger partial charge < -0.3 is 4.90 Å². The van der Waals surface area contributed by atoms with E-state index in [1.165, 1.54) is 37.9 Å². The first-order valence-electron chi connectivity index (χ1n) is 8.00. The van der Waals surface area contributed by atoms with Crippen LogP contribution in [0.2, 0.25) is 10.0 Å². The minimum Gasteiger partial charge on any atom is -0.352 e. The Balaban J connectivity index is 1.66. The highest BCUT2D eigenvalue weighted by molar-refractivity contribution is 6.35. The molecule has 0 amide bonds. The summed E-state index contributed by atoms with van der Waals surface area (Å²) in [5, 5.41) is 1.46. The van der Waals surface area contributed by atoms with Crippen molar-refractivity contribution in [2.75, 3.05) is 0 Å². The van der Waals surface area contributed by atoms with Crippen LogP contribution in [0.1, 0.15) is 37.7 Å². The van der Waals surface area contributed by atoms with E-state index in [1.807, 2.05) is 12.1 Å². The number of halogens is 2. The number of fused-ring (bicyclic) bond motifs is 1. The predicted molar refractivity (Wildman–Crippen MR) is 86.4 cm³/mol. The van der Waals surface area contributed by atoms with E-state index in [4.69, 9.17) is 28.2 Å². The van der Waals surface area contributed by atoms with Crippen molar-refractivity contribution < 1.29 is 0 Å². The van der Waals surface area contributed by atoms with E-state index >= 15 is 0 Å². The van der Waals surface area contributed by atoms with Gasteiger partial charge in [-0.05, 0) is 56.1 Å². The maximum absolute atomic E-state index is 6.42. The van der Waals surface area contributed by atoms with Crippen molar-refractivity contribution in [1.29, 1.82) is 0 Å². The topological polar surface area (TPSA) is 15.6 Å². The van der Waals surface area contributed by atoms with Gasteiger partial charge in [-0.25, -0.2) is 4.99 Å². The Hall–Kier alpha value is -0.730. The lowest BCUT2D eigenvalue weighted by molar-refractivity contribution is 0.128. The molecule has 2 nitrogen and oxygen atoms in total. The zero-order chi connectivity index (χ0) is 14.1. The summed E-state index contributed by atoms with van der Waals surface area (Å²) in [5.74, 6) is 3.83. The first kappa shape index (κ1) is 12.8. The highest BCUT2D eigenvalue weighted by atomic mass is 35.5. The number of hydrogen-bond acceptors (Lipinski definition) is 2. The molecule has 6 rings (SSSR count). The smallest absolute Gasteiger partial charge is 0.108 e. The molecule has 4 bridgehead atoms. The third-order valence-electron chi connectivity index (χ3n) is 5.91. The SMILES string of the molecule is Clc1cc(Cl)c2c(c1)N=C1C3C[C@H]4CC(C[C@H](C3)C4)N1C2. The molecule has 2 atom stereocenters. The Labute approximate surface area is 135 Å². The van der Waals surface area contributed by atoms with Crippen molar-refractivity contribution >= 4 is 34.7 Å². The maximum Gasteiger partial charge on any atom is 0.108 e. The highest BCUT2D eigenvalue weighted by Crippen LogP contribution is 2.50. The van der Waals surface area contributed by atoms with Gasteiger partial charge in [-0.2, -0.15) is 0 Å². The minimum absolute atomic E-state index is 0.659. The molecule has 0 N–H and O–H groups in total. The van der Waals surface area contributed by atoms with Gasteiger partial charge in [-0.3, -0.25) is 0 Å². The maximum atomic E-state index is 6.42. The number of nitrogens with zero attached hydrogens (tertiary/aromatic N) is 2. The Morgan fingerprint density at radius 3 is 2.52 bits per heavy atom. The molecule has 2 saturated carbocycles. The second kappa shape index (κ2) is 4.39. The van der Waals surface area contributed by atoms with Gasteiger partial charge in [0, 0.05) is 34.1 Å². The number of rotatable bonds is 0. The molecule has 21 heavy (non-hydrogen) atoms.